The van der Waals surface area contributed by atoms with Gasteiger partial charge in [-0.1, -0.05) is 175 Å². The Hall–Kier alpha value is -0.790. The number of hydrogen-bond acceptors (Lipinski definition) is 0. The van der Waals surface area contributed by atoms with E-state index in [1.807, 2.05) is 0 Å². The van der Waals surface area contributed by atoms with Crippen LogP contribution >= 0.6 is 0 Å². The summed E-state index contributed by atoms with van der Waals surface area (Å²) in [5.74, 6) is 1.59. The van der Waals surface area contributed by atoms with Crippen molar-refractivity contribution in [2.24, 2.45) is 0 Å². The van der Waals surface area contributed by atoms with Crippen molar-refractivity contribution in [3.63, 3.8) is 0 Å². The zero-order valence-electron chi connectivity index (χ0n) is 28.2. The van der Waals surface area contributed by atoms with Crippen molar-refractivity contribution in [1.29, 1.82) is 0 Å². The fraction of sp³-hybridized carbons (Fsp3) is 0.921. The molecule has 40 heavy (non-hydrogen) atoms. The molecule has 2 heteroatoms. The largest absolute Gasteiger partial charge is 0.256 e. The van der Waals surface area contributed by atoms with Crippen molar-refractivity contribution in [2.45, 2.75) is 226 Å². The highest BCUT2D eigenvalue weighted by atomic mass is 15.1. The Kier molecular flexibility index (Phi) is 27.6. The number of hydrogen-bond donors (Lipinski definition) is 0. The summed E-state index contributed by atoms with van der Waals surface area (Å²) < 4.78 is 5.19. The van der Waals surface area contributed by atoms with Crippen LogP contribution in [0, 0.1) is 0 Å². The van der Waals surface area contributed by atoms with Crippen LogP contribution in [0.5, 0.6) is 0 Å². The third-order valence-electron chi connectivity index (χ3n) is 9.10. The maximum atomic E-state index is 2.60. The van der Waals surface area contributed by atoms with Gasteiger partial charge in [0.25, 0.3) is 5.82 Å². The molecule has 0 unspecified atom stereocenters. The summed E-state index contributed by atoms with van der Waals surface area (Å²) in [7, 11) is 0. The average Bonchev–Trinajstić information content (AvgIpc) is 3.35. The summed E-state index contributed by atoms with van der Waals surface area (Å²) >= 11 is 0. The van der Waals surface area contributed by atoms with E-state index in [1.54, 1.807) is 5.82 Å². The molecule has 0 N–H and O–H groups in total. The van der Waals surface area contributed by atoms with E-state index in [4.69, 9.17) is 0 Å². The second-order valence-corrected chi connectivity index (χ2v) is 13.0. The standard InChI is InChI=1S/C38H75N2/c1-4-7-10-12-14-16-18-20-21-22-24-26-28-30-32-35-40-37-36-39(38(40)33-9-6-3)34-31-29-27-25-23-19-17-15-13-11-8-5-2/h36-37H,4-35H2,1-3H3/q+1. The molecule has 0 saturated heterocycles. The van der Waals surface area contributed by atoms with E-state index in [-0.39, 0.29) is 0 Å². The predicted molar refractivity (Wildman–Crippen MR) is 179 cm³/mol. The molecule has 0 aliphatic carbocycles. The van der Waals surface area contributed by atoms with Crippen molar-refractivity contribution in [1.82, 2.24) is 4.57 Å². The molecule has 0 aromatic carbocycles. The second-order valence-electron chi connectivity index (χ2n) is 13.0. The second kappa shape index (κ2) is 29.7. The summed E-state index contributed by atoms with van der Waals surface area (Å²) in [4.78, 5) is 0. The number of nitrogens with zero attached hydrogens (tertiary/aromatic N) is 2. The van der Waals surface area contributed by atoms with Gasteiger partial charge in [0.1, 0.15) is 12.4 Å². The van der Waals surface area contributed by atoms with E-state index in [0.717, 1.165) is 0 Å². The molecule has 0 spiro atoms. The fourth-order valence-electron chi connectivity index (χ4n) is 6.30. The van der Waals surface area contributed by atoms with E-state index in [2.05, 4.69) is 42.3 Å². The van der Waals surface area contributed by atoms with Gasteiger partial charge in [-0.2, -0.15) is 0 Å². The summed E-state index contributed by atoms with van der Waals surface area (Å²) in [6, 6.07) is 0. The van der Waals surface area contributed by atoms with Gasteiger partial charge in [-0.3, -0.25) is 0 Å². The van der Waals surface area contributed by atoms with Gasteiger partial charge in [0.05, 0.1) is 13.1 Å². The first-order chi connectivity index (χ1) is 19.8. The van der Waals surface area contributed by atoms with Gasteiger partial charge in [0, 0.05) is 6.42 Å². The summed E-state index contributed by atoms with van der Waals surface area (Å²) in [5, 5.41) is 0. The molecule has 0 bridgehead atoms. The van der Waals surface area contributed by atoms with Crippen LogP contribution in [-0.2, 0) is 19.5 Å². The van der Waals surface area contributed by atoms with Gasteiger partial charge in [0.15, 0.2) is 0 Å². The van der Waals surface area contributed by atoms with Crippen molar-refractivity contribution in [3.8, 4) is 0 Å². The molecule has 2 nitrogen and oxygen atoms in total. The van der Waals surface area contributed by atoms with Crippen molar-refractivity contribution >= 4 is 0 Å². The van der Waals surface area contributed by atoms with E-state index in [1.165, 1.54) is 206 Å². The lowest BCUT2D eigenvalue weighted by molar-refractivity contribution is -0.704. The molecule has 0 amide bonds. The van der Waals surface area contributed by atoms with Crippen LogP contribution in [0.15, 0.2) is 12.4 Å². The Morgan fingerprint density at radius 3 is 1.18 bits per heavy atom. The highest BCUT2D eigenvalue weighted by Gasteiger charge is 2.16. The number of imidazole rings is 1. The van der Waals surface area contributed by atoms with Gasteiger partial charge < -0.3 is 0 Å². The molecule has 1 heterocycles. The molecule has 0 aliphatic rings. The third-order valence-corrected chi connectivity index (χ3v) is 9.10. The Morgan fingerprint density at radius 2 is 0.775 bits per heavy atom. The SMILES string of the molecule is CCCCCCCCCCCCCCCCC[n+]1ccn(CCCCCCCCCCCCCC)c1CCCC. The zero-order valence-corrected chi connectivity index (χ0v) is 28.2. The van der Waals surface area contributed by atoms with E-state index in [9.17, 15) is 0 Å². The van der Waals surface area contributed by atoms with Crippen LogP contribution in [-0.4, -0.2) is 4.57 Å². The van der Waals surface area contributed by atoms with Gasteiger partial charge in [0.2, 0.25) is 0 Å². The minimum absolute atomic E-state index is 1.22. The highest BCUT2D eigenvalue weighted by molar-refractivity contribution is 4.84. The average molecular weight is 560 g/mol. The van der Waals surface area contributed by atoms with Crippen LogP contribution in [0.2, 0.25) is 0 Å². The Labute approximate surface area is 253 Å². The van der Waals surface area contributed by atoms with Gasteiger partial charge in [-0.15, -0.1) is 0 Å². The lowest BCUT2D eigenvalue weighted by atomic mass is 10.0. The number of aryl methyl sites for hydroxylation is 2. The van der Waals surface area contributed by atoms with Crippen LogP contribution in [0.3, 0.4) is 0 Å². The Bertz CT molecular complexity index is 619. The molecular weight excluding hydrogens is 484 g/mol. The third kappa shape index (κ3) is 21.9. The van der Waals surface area contributed by atoms with Crippen LogP contribution in [0.4, 0.5) is 0 Å². The molecule has 1 rings (SSSR count). The highest BCUT2D eigenvalue weighted by Crippen LogP contribution is 2.15. The fourth-order valence-corrected chi connectivity index (χ4v) is 6.30. The molecule has 236 valence electrons. The first kappa shape index (κ1) is 37.2. The zero-order chi connectivity index (χ0) is 28.8. The van der Waals surface area contributed by atoms with Gasteiger partial charge in [-0.05, 0) is 32.1 Å². The normalized spacial score (nSPS) is 11.6. The van der Waals surface area contributed by atoms with E-state index < -0.39 is 0 Å². The Morgan fingerprint density at radius 1 is 0.425 bits per heavy atom. The molecular formula is C38H75N2+. The van der Waals surface area contributed by atoms with Crippen molar-refractivity contribution in [3.05, 3.63) is 18.2 Å². The van der Waals surface area contributed by atoms with Gasteiger partial charge in [-0.25, -0.2) is 9.13 Å². The number of aromatic nitrogens is 2. The molecule has 0 aliphatic heterocycles. The maximum absolute atomic E-state index is 2.60. The first-order valence-electron chi connectivity index (χ1n) is 18.9. The Balaban J connectivity index is 2.07. The molecule has 0 fully saturated rings. The number of unbranched alkanes of at least 4 members (excludes halogenated alkanes) is 26. The van der Waals surface area contributed by atoms with E-state index in [0.29, 0.717) is 0 Å². The first-order valence-corrected chi connectivity index (χ1v) is 18.9. The van der Waals surface area contributed by atoms with Crippen LogP contribution < -0.4 is 4.57 Å². The van der Waals surface area contributed by atoms with Crippen molar-refractivity contribution < 1.29 is 4.57 Å². The predicted octanol–water partition coefficient (Wildman–Crippen LogP) is 12.7. The maximum Gasteiger partial charge on any atom is 0.256 e. The molecule has 1 aromatic heterocycles. The quantitative estimate of drug-likeness (QED) is 0.0613. The van der Waals surface area contributed by atoms with Crippen LogP contribution in [0.25, 0.3) is 0 Å². The van der Waals surface area contributed by atoms with Gasteiger partial charge >= 0.3 is 0 Å². The topological polar surface area (TPSA) is 8.81 Å². The minimum atomic E-state index is 1.22. The summed E-state index contributed by atoms with van der Waals surface area (Å²) in [6.07, 6.45) is 47.5. The summed E-state index contributed by atoms with van der Waals surface area (Å²) in [5.41, 5.74) is 0. The monoisotopic (exact) mass is 560 g/mol. The minimum Gasteiger partial charge on any atom is -0.234 e. The molecule has 0 radical (unpaired) electrons. The lowest BCUT2D eigenvalue weighted by Crippen LogP contribution is -2.37. The lowest BCUT2D eigenvalue weighted by Gasteiger charge is -2.06. The van der Waals surface area contributed by atoms with Crippen LogP contribution in [0.1, 0.15) is 213 Å². The molecule has 0 saturated carbocycles. The molecule has 0 atom stereocenters. The molecule has 1 aromatic rings. The van der Waals surface area contributed by atoms with E-state index >= 15 is 0 Å². The number of rotatable bonds is 32. The van der Waals surface area contributed by atoms with Crippen molar-refractivity contribution in [2.75, 3.05) is 0 Å². The summed E-state index contributed by atoms with van der Waals surface area (Å²) in [6.45, 7) is 9.40. The smallest absolute Gasteiger partial charge is 0.234 e.